The Labute approximate surface area is 208 Å². The molecule has 0 bridgehead atoms. The van der Waals surface area contributed by atoms with E-state index >= 15 is 0 Å². The van der Waals surface area contributed by atoms with Crippen LogP contribution in [0.3, 0.4) is 0 Å². The molecule has 0 aliphatic carbocycles. The van der Waals surface area contributed by atoms with Crippen molar-refractivity contribution in [3.8, 4) is 0 Å². The number of aliphatic hydroxyl groups excluding tert-OH is 1. The molecule has 13 heteroatoms. The van der Waals surface area contributed by atoms with Gasteiger partial charge in [0.1, 0.15) is 5.70 Å². The van der Waals surface area contributed by atoms with Crippen LogP contribution >= 0.6 is 11.8 Å². The lowest BCUT2D eigenvalue weighted by molar-refractivity contribution is -0.158. The van der Waals surface area contributed by atoms with E-state index in [9.17, 15) is 29.4 Å². The number of carboxylic acid groups (broad SMARTS) is 1. The van der Waals surface area contributed by atoms with Gasteiger partial charge in [-0.05, 0) is 20.4 Å². The van der Waals surface area contributed by atoms with Crippen molar-refractivity contribution in [2.45, 2.75) is 55.8 Å². The Bertz CT molecular complexity index is 935. The summed E-state index contributed by atoms with van der Waals surface area (Å²) >= 11 is 1.41. The molecule has 0 aromatic carbocycles. The molecule has 3 saturated heterocycles. The quantitative estimate of drug-likeness (QED) is 0.191. The summed E-state index contributed by atoms with van der Waals surface area (Å²) in [5.74, 6) is -2.50. The molecule has 4 rings (SSSR count). The Morgan fingerprint density at radius 3 is 2.63 bits per heavy atom. The number of aliphatic hydroxyl groups is 1. The topological polar surface area (TPSA) is 177 Å². The van der Waals surface area contributed by atoms with Crippen LogP contribution in [0.1, 0.15) is 20.3 Å². The van der Waals surface area contributed by atoms with Crippen LogP contribution in [-0.2, 0) is 19.2 Å². The molecule has 0 aromatic rings. The molecule has 3 fully saturated rings. The van der Waals surface area contributed by atoms with E-state index in [1.165, 1.54) is 16.7 Å². The smallest absolute Gasteiger partial charge is 0.353 e. The molecule has 4 aliphatic heterocycles. The molecule has 3 unspecified atom stereocenters. The highest BCUT2D eigenvalue weighted by atomic mass is 32.2. The summed E-state index contributed by atoms with van der Waals surface area (Å²) in [6.07, 6.45) is -0.221. The van der Waals surface area contributed by atoms with Crippen molar-refractivity contribution in [3.63, 3.8) is 0 Å². The maximum Gasteiger partial charge on any atom is 0.353 e. The molecule has 0 radical (unpaired) electrons. The summed E-state index contributed by atoms with van der Waals surface area (Å²) in [6, 6.07) is -1.64. The Balaban J connectivity index is 1.43. The summed E-state index contributed by atoms with van der Waals surface area (Å²) in [4.78, 5) is 53.5. The van der Waals surface area contributed by atoms with E-state index in [0.29, 0.717) is 24.4 Å². The van der Waals surface area contributed by atoms with Gasteiger partial charge in [-0.25, -0.2) is 4.79 Å². The number of likely N-dealkylation sites (tertiary alicyclic amines) is 1. The second kappa shape index (κ2) is 10.1. The zero-order valence-electron chi connectivity index (χ0n) is 20.1. The molecule has 35 heavy (non-hydrogen) atoms. The van der Waals surface area contributed by atoms with E-state index in [1.54, 1.807) is 18.9 Å². The number of carbonyl (C=O) groups is 4. The number of β-lactam (4-membered cyclic amide) rings is 1. The van der Waals surface area contributed by atoms with Crippen LogP contribution in [0.15, 0.2) is 10.6 Å². The fourth-order valence-corrected chi connectivity index (χ4v) is 7.10. The summed E-state index contributed by atoms with van der Waals surface area (Å²) < 4.78 is 0. The predicted molar refractivity (Wildman–Crippen MR) is 128 cm³/mol. The van der Waals surface area contributed by atoms with Gasteiger partial charge in [-0.3, -0.25) is 14.4 Å². The van der Waals surface area contributed by atoms with Gasteiger partial charge in [0.2, 0.25) is 17.7 Å². The molecule has 7 N–H and O–H groups in total. The van der Waals surface area contributed by atoms with E-state index in [2.05, 4.69) is 16.0 Å². The van der Waals surface area contributed by atoms with E-state index < -0.39 is 36.1 Å². The highest BCUT2D eigenvalue weighted by molar-refractivity contribution is 8.03. The van der Waals surface area contributed by atoms with Gasteiger partial charge in [0.15, 0.2) is 0 Å². The molecule has 194 valence electrons. The zero-order chi connectivity index (χ0) is 25.6. The fraction of sp³-hybridized carbons (Fsp3) is 0.727. The van der Waals surface area contributed by atoms with E-state index in [1.807, 2.05) is 6.92 Å². The van der Waals surface area contributed by atoms with Gasteiger partial charge in [-0.2, -0.15) is 0 Å². The van der Waals surface area contributed by atoms with Crippen LogP contribution in [0.25, 0.3) is 0 Å². The first kappa shape index (κ1) is 25.9. The fourth-order valence-electron chi connectivity index (χ4n) is 5.62. The molecule has 12 nitrogen and oxygen atoms in total. The van der Waals surface area contributed by atoms with Crippen LogP contribution in [0.4, 0.5) is 0 Å². The van der Waals surface area contributed by atoms with E-state index in [4.69, 9.17) is 5.73 Å². The Morgan fingerprint density at radius 1 is 1.31 bits per heavy atom. The highest BCUT2D eigenvalue weighted by Crippen LogP contribution is 2.51. The molecule has 4 heterocycles. The minimum absolute atomic E-state index is 0.00548. The zero-order valence-corrected chi connectivity index (χ0v) is 20.9. The van der Waals surface area contributed by atoms with Gasteiger partial charge in [0.25, 0.3) is 0 Å². The number of aliphatic carboxylic acids is 1. The number of amides is 3. The summed E-state index contributed by atoms with van der Waals surface area (Å²) in [5, 5.41) is 28.6. The van der Waals surface area contributed by atoms with Crippen LogP contribution in [0, 0.1) is 11.8 Å². The number of hydrogen-bond donors (Lipinski definition) is 6. The normalized spacial score (nSPS) is 35.2. The van der Waals surface area contributed by atoms with Crippen molar-refractivity contribution >= 4 is 35.5 Å². The Kier molecular flexibility index (Phi) is 7.44. The molecular weight excluding hydrogens is 476 g/mol. The number of β-amino-alcohol motifs (C(OH)–C–C–N with tert-alkyl or cyclic N) is 1. The summed E-state index contributed by atoms with van der Waals surface area (Å²) in [7, 11) is 1.66. The Hall–Kier alpha value is -2.19. The number of nitrogens with one attached hydrogen (secondary N) is 3. The average Bonchev–Trinajstić information content (AvgIpc) is 3.45. The first-order valence-corrected chi connectivity index (χ1v) is 12.8. The summed E-state index contributed by atoms with van der Waals surface area (Å²) in [5.41, 5.74) is 5.83. The minimum Gasteiger partial charge on any atom is -0.477 e. The van der Waals surface area contributed by atoms with Gasteiger partial charge >= 0.3 is 5.97 Å². The van der Waals surface area contributed by atoms with Gasteiger partial charge in [-0.15, -0.1) is 11.8 Å². The van der Waals surface area contributed by atoms with Gasteiger partial charge in [-0.1, -0.05) is 6.92 Å². The van der Waals surface area contributed by atoms with Crippen molar-refractivity contribution in [1.82, 2.24) is 25.8 Å². The largest absolute Gasteiger partial charge is 0.477 e. The molecule has 0 aromatic heterocycles. The van der Waals surface area contributed by atoms with Crippen LogP contribution in [0.5, 0.6) is 0 Å². The number of nitrogens with two attached hydrogens (primary N) is 1. The molecule has 0 spiro atoms. The number of carbonyl (C=O) groups excluding carboxylic acids is 3. The first-order chi connectivity index (χ1) is 16.5. The van der Waals surface area contributed by atoms with Gasteiger partial charge < -0.3 is 41.7 Å². The number of thioether (sulfide) groups is 1. The number of rotatable bonds is 8. The van der Waals surface area contributed by atoms with Crippen LogP contribution in [-0.4, -0.2) is 112 Å². The number of hydrogen-bond acceptors (Lipinski definition) is 9. The predicted octanol–water partition coefficient (Wildman–Crippen LogP) is -2.52. The molecular formula is C22H34N6O6S. The third-order valence-corrected chi connectivity index (χ3v) is 8.89. The third-order valence-electron chi connectivity index (χ3n) is 7.38. The second-order valence-corrected chi connectivity index (χ2v) is 11.2. The third kappa shape index (κ3) is 4.67. The number of nitrogens with zero attached hydrogens (tertiary/aromatic N) is 2. The van der Waals surface area contributed by atoms with Crippen molar-refractivity contribution in [1.29, 1.82) is 0 Å². The van der Waals surface area contributed by atoms with E-state index in [-0.39, 0.29) is 53.7 Å². The lowest BCUT2D eigenvalue weighted by atomic mass is 9.78. The van der Waals surface area contributed by atoms with Crippen molar-refractivity contribution in [2.75, 3.05) is 33.2 Å². The lowest BCUT2D eigenvalue weighted by Gasteiger charge is -2.47. The summed E-state index contributed by atoms with van der Waals surface area (Å²) in [6.45, 7) is 4.85. The standard InChI is InChI=1S/C22H34N6O6S/c1-9-17-16(10(2)26-15(30)6-24-3)21(32)28(17)18(22(33)34)19(9)35-11-4-13(25-5-11)20(31)27-7-12(23)14(29)8-27/h9-14,16-17,24-25,29H,4-8,23H2,1-3H3,(H,26,30)(H,33,34)/t9-,10-,11?,12?,13+,14?,16-,17+/m1/s1. The van der Waals surface area contributed by atoms with Crippen LogP contribution in [0.2, 0.25) is 0 Å². The molecule has 3 amide bonds. The SMILES string of the molecule is CNCC(=O)N[C@H](C)[C@H]1C(=O)N2C(C(=O)O)=C(SC3CN[C@H](C(=O)N4CC(N)C(O)C4)C3)[C@H](C)[C@@H]12. The van der Waals surface area contributed by atoms with Crippen molar-refractivity contribution < 1.29 is 29.4 Å². The Morgan fingerprint density at radius 2 is 2.03 bits per heavy atom. The van der Waals surface area contributed by atoms with Crippen molar-refractivity contribution in [3.05, 3.63) is 10.6 Å². The maximum atomic E-state index is 13.0. The van der Waals surface area contributed by atoms with E-state index in [0.717, 1.165) is 0 Å². The second-order valence-electron chi connectivity index (χ2n) is 9.83. The average molecular weight is 511 g/mol. The number of carboxylic acids is 1. The van der Waals surface area contributed by atoms with Crippen molar-refractivity contribution in [2.24, 2.45) is 17.6 Å². The number of fused-ring (bicyclic) bond motifs is 1. The number of likely N-dealkylation sites (N-methyl/N-ethyl adjacent to an activating group) is 1. The minimum atomic E-state index is -1.15. The highest BCUT2D eigenvalue weighted by Gasteiger charge is 2.60. The molecule has 8 atom stereocenters. The van der Waals surface area contributed by atoms with Gasteiger partial charge in [0, 0.05) is 47.8 Å². The first-order valence-electron chi connectivity index (χ1n) is 11.9. The molecule has 4 aliphatic rings. The van der Waals surface area contributed by atoms with Gasteiger partial charge in [0.05, 0.1) is 30.7 Å². The maximum absolute atomic E-state index is 13.0. The molecule has 0 saturated carbocycles. The lowest BCUT2D eigenvalue weighted by Crippen LogP contribution is -2.66. The van der Waals surface area contributed by atoms with Crippen LogP contribution < -0.4 is 21.7 Å². The monoisotopic (exact) mass is 510 g/mol.